The first-order valence-corrected chi connectivity index (χ1v) is 12.8. The number of hydrogen-bond donors (Lipinski definition) is 2. The third-order valence-electron chi connectivity index (χ3n) is 6.79. The van der Waals surface area contributed by atoms with Crippen molar-refractivity contribution in [2.75, 3.05) is 11.5 Å². The molecule has 2 aromatic rings. The highest BCUT2D eigenvalue weighted by Crippen LogP contribution is 2.30. The third-order valence-corrected chi connectivity index (χ3v) is 7.84. The summed E-state index contributed by atoms with van der Waals surface area (Å²) in [6.07, 6.45) is 3.84. The van der Waals surface area contributed by atoms with Gasteiger partial charge in [0.05, 0.1) is 11.6 Å². The quantitative estimate of drug-likeness (QED) is 0.684. The summed E-state index contributed by atoms with van der Waals surface area (Å²) in [4.78, 5) is 43.2. The summed E-state index contributed by atoms with van der Waals surface area (Å²) in [7, 11) is 0. The number of rotatable bonds is 5. The topological polar surface area (TPSA) is 106 Å². The number of carbonyl (C=O) groups excluding carboxylic acids is 1. The highest BCUT2D eigenvalue weighted by Gasteiger charge is 2.30. The predicted octanol–water partition coefficient (Wildman–Crippen LogP) is 2.38. The minimum Gasteiger partial charge on any atom is -0.383 e. The van der Waals surface area contributed by atoms with Gasteiger partial charge < -0.3 is 10.4 Å². The Bertz CT molecular complexity index is 1130. The molecule has 33 heavy (non-hydrogen) atoms. The second-order valence-electron chi connectivity index (χ2n) is 9.40. The Morgan fingerprint density at radius 3 is 2.39 bits per heavy atom. The van der Waals surface area contributed by atoms with Gasteiger partial charge in [-0.25, -0.2) is 14.2 Å². The lowest BCUT2D eigenvalue weighted by Crippen LogP contribution is -2.48. The molecule has 1 aliphatic carbocycles. The number of thioether (sulfide) groups is 1. The van der Waals surface area contributed by atoms with Crippen LogP contribution in [0.5, 0.6) is 0 Å². The molecule has 0 aromatic carbocycles. The van der Waals surface area contributed by atoms with Crippen molar-refractivity contribution in [1.29, 1.82) is 0 Å². The maximum Gasteiger partial charge on any atom is 0.333 e. The first-order valence-electron chi connectivity index (χ1n) is 11.7. The van der Waals surface area contributed by atoms with Crippen LogP contribution in [0.25, 0.3) is 11.0 Å². The average molecular weight is 479 g/mol. The van der Waals surface area contributed by atoms with Crippen molar-refractivity contribution in [2.45, 2.75) is 76.6 Å². The van der Waals surface area contributed by atoms with E-state index in [1.807, 2.05) is 11.8 Å². The minimum atomic E-state index is -1.06. The van der Waals surface area contributed by atoms with E-state index in [-0.39, 0.29) is 40.8 Å². The van der Waals surface area contributed by atoms with Gasteiger partial charge in [0.2, 0.25) is 5.91 Å². The number of aromatic nitrogens is 3. The van der Waals surface area contributed by atoms with E-state index in [9.17, 15) is 23.9 Å². The van der Waals surface area contributed by atoms with Crippen molar-refractivity contribution in [2.24, 2.45) is 5.92 Å². The number of amides is 1. The molecule has 1 saturated heterocycles. The molecule has 0 radical (unpaired) electrons. The molecule has 2 fully saturated rings. The first-order chi connectivity index (χ1) is 15.8. The van der Waals surface area contributed by atoms with Crippen LogP contribution >= 0.6 is 11.8 Å². The second kappa shape index (κ2) is 9.97. The lowest BCUT2D eigenvalue weighted by molar-refractivity contribution is -0.132. The Labute approximate surface area is 195 Å². The Hall–Kier alpha value is -2.20. The number of aliphatic hydroxyl groups is 1. The lowest BCUT2D eigenvalue weighted by atomic mass is 9.90. The van der Waals surface area contributed by atoms with Crippen molar-refractivity contribution in [3.63, 3.8) is 0 Å². The molecular weight excluding hydrogens is 447 g/mol. The average Bonchev–Trinajstić information content (AvgIpc) is 2.81. The number of halogens is 1. The van der Waals surface area contributed by atoms with Crippen LogP contribution in [0.15, 0.2) is 21.9 Å². The van der Waals surface area contributed by atoms with Crippen LogP contribution < -0.4 is 16.6 Å². The molecule has 2 N–H and O–H groups in total. The van der Waals surface area contributed by atoms with E-state index in [2.05, 4.69) is 10.3 Å². The van der Waals surface area contributed by atoms with Crippen LogP contribution in [0.1, 0.15) is 64.5 Å². The number of fused-ring (bicyclic) bond motifs is 1. The van der Waals surface area contributed by atoms with Gasteiger partial charge in [-0.15, -0.1) is 0 Å². The summed E-state index contributed by atoms with van der Waals surface area (Å²) in [5, 5.41) is 13.0. The van der Waals surface area contributed by atoms with Crippen molar-refractivity contribution < 1.29 is 14.3 Å². The van der Waals surface area contributed by atoms with Gasteiger partial charge in [0, 0.05) is 18.1 Å². The summed E-state index contributed by atoms with van der Waals surface area (Å²) in [5.74, 6) is 0.669. The van der Waals surface area contributed by atoms with Crippen molar-refractivity contribution in [3.8, 4) is 0 Å². The van der Waals surface area contributed by atoms with E-state index >= 15 is 0 Å². The first kappa shape index (κ1) is 23.9. The molecule has 1 unspecified atom stereocenters. The smallest absolute Gasteiger partial charge is 0.333 e. The van der Waals surface area contributed by atoms with Gasteiger partial charge in [0.15, 0.2) is 0 Å². The Balaban J connectivity index is 1.64. The SMILES string of the molecule is CC(C)C(O)C(=O)N[C@H]1CC[C@@H](n2c(=O)c3cc(F)cnc3n(C3CCSCC3)c2=O)CC1. The molecule has 2 aromatic heterocycles. The number of carbonyl (C=O) groups is 1. The zero-order valence-corrected chi connectivity index (χ0v) is 19.8. The molecule has 0 bridgehead atoms. The highest BCUT2D eigenvalue weighted by molar-refractivity contribution is 7.99. The number of nitrogens with one attached hydrogen (secondary N) is 1. The Kier molecular flexibility index (Phi) is 7.23. The summed E-state index contributed by atoms with van der Waals surface area (Å²) in [5.41, 5.74) is -0.638. The van der Waals surface area contributed by atoms with E-state index in [1.165, 1.54) is 10.6 Å². The number of pyridine rings is 1. The molecular formula is C23H31FN4O4S. The fraction of sp³-hybridized carbons (Fsp3) is 0.652. The fourth-order valence-corrected chi connectivity index (χ4v) is 5.95. The van der Waals surface area contributed by atoms with Gasteiger partial charge >= 0.3 is 5.69 Å². The van der Waals surface area contributed by atoms with Crippen LogP contribution in [-0.2, 0) is 4.79 Å². The van der Waals surface area contributed by atoms with E-state index < -0.39 is 23.4 Å². The Morgan fingerprint density at radius 1 is 1.12 bits per heavy atom. The van der Waals surface area contributed by atoms with Crippen molar-refractivity contribution >= 4 is 28.7 Å². The number of hydrogen-bond acceptors (Lipinski definition) is 6. The zero-order valence-electron chi connectivity index (χ0n) is 19.0. The minimum absolute atomic E-state index is 0.0702. The molecule has 1 amide bonds. The fourth-order valence-electron chi connectivity index (χ4n) is 4.87. The maximum atomic E-state index is 14.0. The van der Waals surface area contributed by atoms with Crippen molar-refractivity contribution in [1.82, 2.24) is 19.4 Å². The number of aliphatic hydroxyl groups excluding tert-OH is 1. The molecule has 4 rings (SSSR count). The molecule has 180 valence electrons. The molecule has 0 spiro atoms. The summed E-state index contributed by atoms with van der Waals surface area (Å²) in [6, 6.07) is 0.660. The molecule has 1 aliphatic heterocycles. The summed E-state index contributed by atoms with van der Waals surface area (Å²) in [6.45, 7) is 3.56. The van der Waals surface area contributed by atoms with Gasteiger partial charge in [-0.3, -0.25) is 18.7 Å². The standard InChI is InChI=1S/C23H31FN4O4S/c1-13(2)19(29)21(30)26-15-3-5-16(6-4-15)28-22(31)18-11-14(24)12-25-20(18)27(23(28)32)17-7-9-33-10-8-17/h11-13,15-17,19,29H,3-10H2,1-2H3,(H,26,30)/t15-,16+,19?. The monoisotopic (exact) mass is 478 g/mol. The van der Waals surface area contributed by atoms with Crippen LogP contribution in [0.4, 0.5) is 4.39 Å². The van der Waals surface area contributed by atoms with Crippen molar-refractivity contribution in [3.05, 3.63) is 38.9 Å². The molecule has 8 nitrogen and oxygen atoms in total. The maximum absolute atomic E-state index is 14.0. The second-order valence-corrected chi connectivity index (χ2v) is 10.6. The van der Waals surface area contributed by atoms with E-state index in [0.717, 1.165) is 30.5 Å². The van der Waals surface area contributed by atoms with E-state index in [1.54, 1.807) is 18.4 Å². The largest absolute Gasteiger partial charge is 0.383 e. The van der Waals surface area contributed by atoms with Gasteiger partial charge in [0.25, 0.3) is 5.56 Å². The van der Waals surface area contributed by atoms with Gasteiger partial charge in [-0.05, 0) is 62.0 Å². The molecule has 3 heterocycles. The molecule has 10 heteroatoms. The predicted molar refractivity (Wildman–Crippen MR) is 126 cm³/mol. The van der Waals surface area contributed by atoms with Crippen LogP contribution in [0.2, 0.25) is 0 Å². The molecule has 1 atom stereocenters. The normalized spacial score (nSPS) is 23.1. The highest BCUT2D eigenvalue weighted by atomic mass is 32.2. The van der Waals surface area contributed by atoms with Gasteiger partial charge in [-0.2, -0.15) is 11.8 Å². The summed E-state index contributed by atoms with van der Waals surface area (Å²) < 4.78 is 16.9. The number of nitrogens with zero attached hydrogens (tertiary/aromatic N) is 3. The summed E-state index contributed by atoms with van der Waals surface area (Å²) >= 11 is 1.83. The van der Waals surface area contributed by atoms with Crippen LogP contribution in [0, 0.1) is 11.7 Å². The zero-order chi connectivity index (χ0) is 23.7. The van der Waals surface area contributed by atoms with Gasteiger partial charge in [0.1, 0.15) is 17.6 Å². The molecule has 2 aliphatic rings. The van der Waals surface area contributed by atoms with Gasteiger partial charge in [-0.1, -0.05) is 13.8 Å². The van der Waals surface area contributed by atoms with E-state index in [4.69, 9.17) is 0 Å². The van der Waals surface area contributed by atoms with Crippen LogP contribution in [-0.4, -0.2) is 48.8 Å². The lowest BCUT2D eigenvalue weighted by Gasteiger charge is -2.32. The Morgan fingerprint density at radius 2 is 1.76 bits per heavy atom. The van der Waals surface area contributed by atoms with E-state index in [0.29, 0.717) is 25.7 Å². The third kappa shape index (κ3) is 4.87. The molecule has 1 saturated carbocycles. The van der Waals surface area contributed by atoms with Crippen LogP contribution in [0.3, 0.4) is 0 Å².